The first-order valence-electron chi connectivity index (χ1n) is 4.35. The third kappa shape index (κ3) is 1.80. The number of pyridine rings is 1. The average molecular weight is 186 g/mol. The first-order valence-corrected chi connectivity index (χ1v) is 4.35. The molecule has 2 rings (SSSR count). The third-order valence-electron chi connectivity index (χ3n) is 2.09. The highest BCUT2D eigenvalue weighted by Crippen LogP contribution is 2.16. The fraction of sp³-hybridized carbons (Fsp3) is 0.0833. The maximum Gasteiger partial charge on any atom is 0.0519 e. The van der Waals surface area contributed by atoms with Gasteiger partial charge in [0.25, 0.3) is 0 Å². The Morgan fingerprint density at radius 2 is 2.00 bits per heavy atom. The Labute approximate surface area is 83.9 Å². The second-order valence-corrected chi connectivity index (χ2v) is 2.97. The van der Waals surface area contributed by atoms with Crippen molar-refractivity contribution in [3.05, 3.63) is 54.9 Å². The lowest BCUT2D eigenvalue weighted by atomic mass is 10.1. The van der Waals surface area contributed by atoms with Crippen LogP contribution in [-0.4, -0.2) is 4.98 Å². The van der Waals surface area contributed by atoms with Gasteiger partial charge >= 0.3 is 0 Å². The molecule has 0 saturated carbocycles. The number of hydrogen-bond acceptors (Lipinski definition) is 2. The molecule has 0 aliphatic carbocycles. The van der Waals surface area contributed by atoms with E-state index in [1.54, 1.807) is 0 Å². The molecule has 14 heavy (non-hydrogen) atoms. The predicted octanol–water partition coefficient (Wildman–Crippen LogP) is 3.13. The van der Waals surface area contributed by atoms with E-state index in [0.29, 0.717) is 0 Å². The van der Waals surface area contributed by atoms with Crippen molar-refractivity contribution in [1.29, 1.82) is 0 Å². The minimum Gasteiger partial charge on any atom is -0.344 e. The molecule has 3 N–H and O–H groups in total. The molecule has 0 fully saturated rings. The second kappa shape index (κ2) is 4.53. The SMILES string of the molecule is C=CCc1nccc2ccccc12.N. The van der Waals surface area contributed by atoms with Gasteiger partial charge in [-0.2, -0.15) is 0 Å². The molecule has 0 atom stereocenters. The van der Waals surface area contributed by atoms with Crippen molar-refractivity contribution < 1.29 is 0 Å². The van der Waals surface area contributed by atoms with Crippen molar-refractivity contribution in [2.45, 2.75) is 6.42 Å². The van der Waals surface area contributed by atoms with Crippen LogP contribution in [0.25, 0.3) is 10.8 Å². The van der Waals surface area contributed by atoms with Crippen LogP contribution in [-0.2, 0) is 6.42 Å². The Balaban J connectivity index is 0.000000980. The quantitative estimate of drug-likeness (QED) is 0.732. The highest BCUT2D eigenvalue weighted by molar-refractivity contribution is 5.84. The number of fused-ring (bicyclic) bond motifs is 1. The molecule has 0 amide bonds. The minimum absolute atomic E-state index is 0. The number of aromatic nitrogens is 1. The first-order chi connectivity index (χ1) is 6.42. The number of allylic oxidation sites excluding steroid dienone is 1. The minimum atomic E-state index is 0. The van der Waals surface area contributed by atoms with Crippen LogP contribution in [0.2, 0.25) is 0 Å². The Morgan fingerprint density at radius 3 is 2.79 bits per heavy atom. The molecule has 72 valence electrons. The van der Waals surface area contributed by atoms with Gasteiger partial charge in [0, 0.05) is 18.0 Å². The molecule has 0 radical (unpaired) electrons. The summed E-state index contributed by atoms with van der Waals surface area (Å²) in [7, 11) is 0. The summed E-state index contributed by atoms with van der Waals surface area (Å²) in [4.78, 5) is 4.33. The van der Waals surface area contributed by atoms with E-state index in [2.05, 4.69) is 23.7 Å². The standard InChI is InChI=1S/C12H11N.H3N/c1-2-5-12-11-7-4-3-6-10(11)8-9-13-12;/h2-4,6-9H,1,5H2;1H3. The molecule has 0 aliphatic heterocycles. The van der Waals surface area contributed by atoms with E-state index >= 15 is 0 Å². The summed E-state index contributed by atoms with van der Waals surface area (Å²) in [6, 6.07) is 10.3. The smallest absolute Gasteiger partial charge is 0.0519 e. The summed E-state index contributed by atoms with van der Waals surface area (Å²) < 4.78 is 0. The number of benzene rings is 1. The van der Waals surface area contributed by atoms with E-state index in [4.69, 9.17) is 0 Å². The molecule has 2 nitrogen and oxygen atoms in total. The van der Waals surface area contributed by atoms with Gasteiger partial charge in [-0.3, -0.25) is 4.98 Å². The van der Waals surface area contributed by atoms with Gasteiger partial charge < -0.3 is 6.15 Å². The van der Waals surface area contributed by atoms with E-state index in [9.17, 15) is 0 Å². The molecule has 0 bridgehead atoms. The maximum absolute atomic E-state index is 4.33. The maximum atomic E-state index is 4.33. The van der Waals surface area contributed by atoms with Crippen LogP contribution in [0.15, 0.2) is 49.2 Å². The summed E-state index contributed by atoms with van der Waals surface area (Å²) in [5.74, 6) is 0. The molecular formula is C12H14N2. The zero-order valence-corrected chi connectivity index (χ0v) is 8.11. The van der Waals surface area contributed by atoms with E-state index in [1.165, 1.54) is 10.8 Å². The van der Waals surface area contributed by atoms with E-state index in [0.717, 1.165) is 12.1 Å². The van der Waals surface area contributed by atoms with Crippen molar-refractivity contribution in [2.75, 3.05) is 0 Å². The molecular weight excluding hydrogens is 172 g/mol. The average Bonchev–Trinajstić information content (AvgIpc) is 2.19. The monoisotopic (exact) mass is 186 g/mol. The van der Waals surface area contributed by atoms with Gasteiger partial charge in [0.15, 0.2) is 0 Å². The molecule has 2 heteroatoms. The predicted molar refractivity (Wildman–Crippen MR) is 60.7 cm³/mol. The number of rotatable bonds is 2. The zero-order valence-electron chi connectivity index (χ0n) is 8.11. The molecule has 1 heterocycles. The Bertz CT molecular complexity index is 430. The molecule has 2 aromatic rings. The lowest BCUT2D eigenvalue weighted by Gasteiger charge is -2.01. The molecule has 0 spiro atoms. The summed E-state index contributed by atoms with van der Waals surface area (Å²) >= 11 is 0. The van der Waals surface area contributed by atoms with Gasteiger partial charge in [0.05, 0.1) is 5.69 Å². The van der Waals surface area contributed by atoms with Gasteiger partial charge in [0.1, 0.15) is 0 Å². The highest BCUT2D eigenvalue weighted by atomic mass is 14.7. The Kier molecular flexibility index (Phi) is 3.37. The Hall–Kier alpha value is -1.67. The van der Waals surface area contributed by atoms with Crippen LogP contribution < -0.4 is 6.15 Å². The summed E-state index contributed by atoms with van der Waals surface area (Å²) in [5, 5.41) is 2.47. The third-order valence-corrected chi connectivity index (χ3v) is 2.09. The fourth-order valence-electron chi connectivity index (χ4n) is 1.48. The lowest BCUT2D eigenvalue weighted by Crippen LogP contribution is -1.88. The Morgan fingerprint density at radius 1 is 1.21 bits per heavy atom. The number of hydrogen-bond donors (Lipinski definition) is 1. The lowest BCUT2D eigenvalue weighted by molar-refractivity contribution is 1.14. The summed E-state index contributed by atoms with van der Waals surface area (Å²) in [6.07, 6.45) is 4.57. The van der Waals surface area contributed by atoms with Crippen LogP contribution in [0, 0.1) is 0 Å². The normalized spacial score (nSPS) is 9.43. The summed E-state index contributed by atoms with van der Waals surface area (Å²) in [6.45, 7) is 3.72. The molecule has 1 aromatic heterocycles. The van der Waals surface area contributed by atoms with Gasteiger partial charge in [-0.1, -0.05) is 30.3 Å². The van der Waals surface area contributed by atoms with Crippen LogP contribution in [0.1, 0.15) is 5.69 Å². The topological polar surface area (TPSA) is 47.9 Å². The first kappa shape index (κ1) is 10.4. The van der Waals surface area contributed by atoms with Crippen LogP contribution in [0.3, 0.4) is 0 Å². The summed E-state index contributed by atoms with van der Waals surface area (Å²) in [5.41, 5.74) is 1.10. The molecule has 0 saturated heterocycles. The fourth-order valence-corrected chi connectivity index (χ4v) is 1.48. The van der Waals surface area contributed by atoms with Crippen LogP contribution >= 0.6 is 0 Å². The largest absolute Gasteiger partial charge is 0.344 e. The van der Waals surface area contributed by atoms with E-state index in [-0.39, 0.29) is 6.15 Å². The van der Waals surface area contributed by atoms with Gasteiger partial charge in [0.2, 0.25) is 0 Å². The van der Waals surface area contributed by atoms with Crippen molar-refractivity contribution >= 4 is 10.8 Å². The van der Waals surface area contributed by atoms with Gasteiger partial charge in [-0.05, 0) is 11.5 Å². The van der Waals surface area contributed by atoms with Crippen LogP contribution in [0.4, 0.5) is 0 Å². The van der Waals surface area contributed by atoms with Crippen molar-refractivity contribution in [1.82, 2.24) is 11.1 Å². The van der Waals surface area contributed by atoms with Crippen molar-refractivity contribution in [3.8, 4) is 0 Å². The zero-order chi connectivity index (χ0) is 9.10. The molecule has 0 unspecified atom stereocenters. The molecule has 1 aromatic carbocycles. The van der Waals surface area contributed by atoms with E-state index in [1.807, 2.05) is 30.5 Å². The van der Waals surface area contributed by atoms with Gasteiger partial charge in [-0.25, -0.2) is 0 Å². The highest BCUT2D eigenvalue weighted by Gasteiger charge is 1.98. The number of nitrogens with zero attached hydrogens (tertiary/aromatic N) is 1. The van der Waals surface area contributed by atoms with Crippen LogP contribution in [0.5, 0.6) is 0 Å². The van der Waals surface area contributed by atoms with Crippen molar-refractivity contribution in [3.63, 3.8) is 0 Å². The van der Waals surface area contributed by atoms with E-state index < -0.39 is 0 Å². The molecule has 0 aliphatic rings. The van der Waals surface area contributed by atoms with Gasteiger partial charge in [-0.15, -0.1) is 6.58 Å². The van der Waals surface area contributed by atoms with Crippen molar-refractivity contribution in [2.24, 2.45) is 0 Å². The second-order valence-electron chi connectivity index (χ2n) is 2.97.